The van der Waals surface area contributed by atoms with Crippen molar-refractivity contribution in [3.63, 3.8) is 0 Å². The summed E-state index contributed by atoms with van der Waals surface area (Å²) in [5, 5.41) is 3.42. The van der Waals surface area contributed by atoms with E-state index in [-0.39, 0.29) is 0 Å². The van der Waals surface area contributed by atoms with Crippen molar-refractivity contribution in [2.45, 2.75) is 66.2 Å². The maximum Gasteiger partial charge on any atom is -0.00490 e. The standard InChI is InChI=1S/C16H33N/c1-5-17-9-7-6-8-16-11-13(2)10-14(3)15(4)12-16/h13-17H,5-12H2,1-4H3. The van der Waals surface area contributed by atoms with Crippen LogP contribution < -0.4 is 5.32 Å². The SMILES string of the molecule is CCNCCCCC1CC(C)CC(C)C(C)C1. The molecular formula is C16H33N. The second kappa shape index (κ2) is 8.13. The fraction of sp³-hybridized carbons (Fsp3) is 1.00. The first-order valence-corrected chi connectivity index (χ1v) is 7.84. The lowest BCUT2D eigenvalue weighted by molar-refractivity contribution is 0.316. The van der Waals surface area contributed by atoms with Crippen LogP contribution in [0.3, 0.4) is 0 Å². The second-order valence-electron chi connectivity index (χ2n) is 6.48. The third-order valence-corrected chi connectivity index (χ3v) is 4.65. The Labute approximate surface area is 109 Å². The maximum atomic E-state index is 3.42. The van der Waals surface area contributed by atoms with E-state index in [9.17, 15) is 0 Å². The first kappa shape index (κ1) is 15.0. The van der Waals surface area contributed by atoms with Crippen LogP contribution in [0.2, 0.25) is 0 Å². The van der Waals surface area contributed by atoms with E-state index < -0.39 is 0 Å². The average Bonchev–Trinajstić information content (AvgIpc) is 2.38. The van der Waals surface area contributed by atoms with Gasteiger partial charge in [-0.25, -0.2) is 0 Å². The highest BCUT2D eigenvalue weighted by atomic mass is 14.8. The lowest BCUT2D eigenvalue weighted by atomic mass is 9.86. The van der Waals surface area contributed by atoms with Gasteiger partial charge in [0.2, 0.25) is 0 Å². The molecule has 0 aliphatic heterocycles. The fourth-order valence-electron chi connectivity index (χ4n) is 3.48. The van der Waals surface area contributed by atoms with Gasteiger partial charge in [-0.15, -0.1) is 0 Å². The molecule has 0 spiro atoms. The van der Waals surface area contributed by atoms with Gasteiger partial charge in [-0.3, -0.25) is 0 Å². The van der Waals surface area contributed by atoms with E-state index in [1.165, 1.54) is 45.1 Å². The number of nitrogens with one attached hydrogen (secondary N) is 1. The van der Waals surface area contributed by atoms with Crippen molar-refractivity contribution in [3.8, 4) is 0 Å². The highest BCUT2D eigenvalue weighted by molar-refractivity contribution is 4.76. The highest BCUT2D eigenvalue weighted by Gasteiger charge is 2.25. The highest BCUT2D eigenvalue weighted by Crippen LogP contribution is 2.36. The Morgan fingerprint density at radius 1 is 0.941 bits per heavy atom. The molecule has 1 fully saturated rings. The van der Waals surface area contributed by atoms with Gasteiger partial charge < -0.3 is 5.32 Å². The first-order valence-electron chi connectivity index (χ1n) is 7.84. The topological polar surface area (TPSA) is 12.0 Å². The molecule has 0 radical (unpaired) electrons. The summed E-state index contributed by atoms with van der Waals surface area (Å²) in [5.74, 6) is 3.84. The molecule has 0 aromatic rings. The van der Waals surface area contributed by atoms with Gasteiger partial charge in [0.1, 0.15) is 0 Å². The molecule has 0 saturated heterocycles. The van der Waals surface area contributed by atoms with Crippen molar-refractivity contribution in [1.29, 1.82) is 0 Å². The van der Waals surface area contributed by atoms with Crippen LogP contribution in [0.1, 0.15) is 66.2 Å². The summed E-state index contributed by atoms with van der Waals surface area (Å²) in [7, 11) is 0. The van der Waals surface area contributed by atoms with Crippen molar-refractivity contribution >= 4 is 0 Å². The van der Waals surface area contributed by atoms with Crippen molar-refractivity contribution in [2.75, 3.05) is 13.1 Å². The lowest BCUT2D eigenvalue weighted by Gasteiger charge is -2.20. The van der Waals surface area contributed by atoms with Gasteiger partial charge in [-0.2, -0.15) is 0 Å². The minimum absolute atomic E-state index is 0.941. The zero-order valence-corrected chi connectivity index (χ0v) is 12.5. The fourth-order valence-corrected chi connectivity index (χ4v) is 3.48. The van der Waals surface area contributed by atoms with Gasteiger partial charge in [0, 0.05) is 0 Å². The second-order valence-corrected chi connectivity index (χ2v) is 6.48. The van der Waals surface area contributed by atoms with Crippen molar-refractivity contribution in [2.24, 2.45) is 23.7 Å². The predicted octanol–water partition coefficient (Wildman–Crippen LogP) is 4.47. The van der Waals surface area contributed by atoms with E-state index in [1.807, 2.05) is 0 Å². The van der Waals surface area contributed by atoms with Crippen LogP contribution in [-0.4, -0.2) is 13.1 Å². The number of hydrogen-bond acceptors (Lipinski definition) is 1. The molecule has 1 rings (SSSR count). The molecular weight excluding hydrogens is 206 g/mol. The van der Waals surface area contributed by atoms with Crippen molar-refractivity contribution in [3.05, 3.63) is 0 Å². The number of unbranched alkanes of at least 4 members (excludes halogenated alkanes) is 1. The Balaban J connectivity index is 2.22. The van der Waals surface area contributed by atoms with Crippen LogP contribution in [0.4, 0.5) is 0 Å². The van der Waals surface area contributed by atoms with E-state index in [0.717, 1.165) is 30.2 Å². The van der Waals surface area contributed by atoms with Crippen LogP contribution in [0.5, 0.6) is 0 Å². The quantitative estimate of drug-likeness (QED) is 0.532. The molecule has 4 unspecified atom stereocenters. The van der Waals surface area contributed by atoms with E-state index in [0.29, 0.717) is 0 Å². The molecule has 0 heterocycles. The summed E-state index contributed by atoms with van der Waals surface area (Å²) in [4.78, 5) is 0. The normalized spacial score (nSPS) is 34.6. The summed E-state index contributed by atoms with van der Waals surface area (Å²) >= 11 is 0. The summed E-state index contributed by atoms with van der Waals surface area (Å²) in [6, 6.07) is 0. The molecule has 1 saturated carbocycles. The summed E-state index contributed by atoms with van der Waals surface area (Å²) < 4.78 is 0. The maximum absolute atomic E-state index is 3.42. The van der Waals surface area contributed by atoms with E-state index in [1.54, 1.807) is 0 Å². The molecule has 1 heteroatoms. The van der Waals surface area contributed by atoms with Gasteiger partial charge >= 0.3 is 0 Å². The van der Waals surface area contributed by atoms with Gasteiger partial charge in [-0.1, -0.05) is 40.5 Å². The molecule has 1 nitrogen and oxygen atoms in total. The van der Waals surface area contributed by atoms with Crippen LogP contribution in [0, 0.1) is 23.7 Å². The molecule has 0 amide bonds. The third kappa shape index (κ3) is 5.90. The van der Waals surface area contributed by atoms with Gasteiger partial charge in [0.25, 0.3) is 0 Å². The van der Waals surface area contributed by atoms with Crippen LogP contribution >= 0.6 is 0 Å². The lowest BCUT2D eigenvalue weighted by Crippen LogP contribution is -2.14. The number of hydrogen-bond donors (Lipinski definition) is 1. The van der Waals surface area contributed by atoms with E-state index >= 15 is 0 Å². The third-order valence-electron chi connectivity index (χ3n) is 4.65. The molecule has 1 N–H and O–H groups in total. The van der Waals surface area contributed by atoms with E-state index in [4.69, 9.17) is 0 Å². The van der Waals surface area contributed by atoms with Crippen LogP contribution in [0.25, 0.3) is 0 Å². The summed E-state index contributed by atoms with van der Waals surface area (Å²) in [6.07, 6.45) is 8.67. The summed E-state index contributed by atoms with van der Waals surface area (Å²) in [5.41, 5.74) is 0. The Morgan fingerprint density at radius 2 is 1.65 bits per heavy atom. The van der Waals surface area contributed by atoms with Gasteiger partial charge in [0.15, 0.2) is 0 Å². The van der Waals surface area contributed by atoms with Crippen molar-refractivity contribution < 1.29 is 0 Å². The van der Waals surface area contributed by atoms with Gasteiger partial charge in [-0.05, 0) is 62.4 Å². The Bertz CT molecular complexity index is 190. The molecule has 1 aliphatic carbocycles. The molecule has 0 aromatic carbocycles. The zero-order valence-electron chi connectivity index (χ0n) is 12.5. The molecule has 1 aliphatic rings. The Morgan fingerprint density at radius 3 is 2.35 bits per heavy atom. The Hall–Kier alpha value is -0.0400. The van der Waals surface area contributed by atoms with Crippen LogP contribution in [0.15, 0.2) is 0 Å². The van der Waals surface area contributed by atoms with Crippen LogP contribution in [-0.2, 0) is 0 Å². The molecule has 4 atom stereocenters. The zero-order chi connectivity index (χ0) is 12.7. The van der Waals surface area contributed by atoms with Crippen molar-refractivity contribution in [1.82, 2.24) is 5.32 Å². The molecule has 0 aromatic heterocycles. The first-order chi connectivity index (χ1) is 8.13. The largest absolute Gasteiger partial charge is 0.317 e. The monoisotopic (exact) mass is 239 g/mol. The van der Waals surface area contributed by atoms with Gasteiger partial charge in [0.05, 0.1) is 0 Å². The number of rotatable bonds is 6. The predicted molar refractivity (Wildman–Crippen MR) is 77.2 cm³/mol. The van der Waals surface area contributed by atoms with E-state index in [2.05, 4.69) is 33.0 Å². The average molecular weight is 239 g/mol. The molecule has 0 bridgehead atoms. The summed E-state index contributed by atoms with van der Waals surface area (Å²) in [6.45, 7) is 11.9. The Kier molecular flexibility index (Phi) is 7.18. The molecule has 102 valence electrons. The minimum atomic E-state index is 0.941. The smallest absolute Gasteiger partial charge is 0.00490 e. The molecule has 17 heavy (non-hydrogen) atoms. The minimum Gasteiger partial charge on any atom is -0.317 e.